The van der Waals surface area contributed by atoms with E-state index in [0.29, 0.717) is 0 Å². The van der Waals surface area contributed by atoms with Crippen molar-refractivity contribution in [3.8, 4) is 0 Å². The Morgan fingerprint density at radius 2 is 2.18 bits per heavy atom. The lowest BCUT2D eigenvalue weighted by Crippen LogP contribution is -2.47. The van der Waals surface area contributed by atoms with Crippen LogP contribution < -0.4 is 11.1 Å². The fourth-order valence-corrected chi connectivity index (χ4v) is 2.27. The van der Waals surface area contributed by atoms with Crippen molar-refractivity contribution in [2.75, 3.05) is 31.8 Å². The third-order valence-corrected chi connectivity index (χ3v) is 3.60. The number of carbonyl (C=O) groups is 1. The number of carbonyl (C=O) groups excluding carboxylic acids is 1. The molecule has 1 aliphatic rings. The van der Waals surface area contributed by atoms with Crippen molar-refractivity contribution in [3.05, 3.63) is 0 Å². The molecule has 0 spiro atoms. The van der Waals surface area contributed by atoms with Crippen LogP contribution in [0.25, 0.3) is 0 Å². The van der Waals surface area contributed by atoms with Crippen LogP contribution in [0, 0.1) is 5.92 Å². The molecule has 3 N–H and O–H groups in total. The maximum Gasteiger partial charge on any atom is 0.237 e. The minimum atomic E-state index is -0.363. The summed E-state index contributed by atoms with van der Waals surface area (Å²) in [5, 5.41) is 2.90. The smallest absolute Gasteiger partial charge is 0.237 e. The Kier molecular flexibility index (Phi) is 10.0. The minimum Gasteiger partial charge on any atom is -0.381 e. The van der Waals surface area contributed by atoms with E-state index in [0.717, 1.165) is 44.8 Å². The van der Waals surface area contributed by atoms with Crippen molar-refractivity contribution < 1.29 is 9.53 Å². The summed E-state index contributed by atoms with van der Waals surface area (Å²) < 4.78 is 5.25. The second-order valence-corrected chi connectivity index (χ2v) is 5.10. The summed E-state index contributed by atoms with van der Waals surface area (Å²) >= 11 is 1.79. The highest BCUT2D eigenvalue weighted by Gasteiger charge is 2.25. The molecule has 1 saturated heterocycles. The molecule has 0 radical (unpaired) electrons. The van der Waals surface area contributed by atoms with Gasteiger partial charge in [0.2, 0.25) is 5.91 Å². The fraction of sp³-hybridized carbons (Fsp3) is 0.909. The van der Waals surface area contributed by atoms with Gasteiger partial charge < -0.3 is 15.8 Å². The molecule has 0 aromatic heterocycles. The van der Waals surface area contributed by atoms with Crippen LogP contribution >= 0.6 is 24.2 Å². The van der Waals surface area contributed by atoms with Crippen LogP contribution in [0.5, 0.6) is 0 Å². The number of rotatable bonds is 6. The molecule has 0 saturated carbocycles. The highest BCUT2D eigenvalue weighted by Crippen LogP contribution is 2.17. The second kappa shape index (κ2) is 10.00. The second-order valence-electron chi connectivity index (χ2n) is 4.11. The topological polar surface area (TPSA) is 64.4 Å². The van der Waals surface area contributed by atoms with E-state index >= 15 is 0 Å². The normalized spacial score (nSPS) is 18.2. The lowest BCUT2D eigenvalue weighted by Gasteiger charge is -2.26. The van der Waals surface area contributed by atoms with Crippen LogP contribution in [0.3, 0.4) is 0 Å². The zero-order chi connectivity index (χ0) is 11.8. The first-order valence-electron chi connectivity index (χ1n) is 5.85. The number of thioether (sulfide) groups is 1. The summed E-state index contributed by atoms with van der Waals surface area (Å²) in [7, 11) is 0. The standard InChI is InChI=1S/C11H22N2O2S.ClH/c1-16-8-2-5-13-11(14)10(12)9-3-6-15-7-4-9;/h9-10H,2-8,12H2,1H3,(H,13,14);1H. The minimum absolute atomic E-state index is 0. The van der Waals surface area contributed by atoms with E-state index in [-0.39, 0.29) is 30.3 Å². The molecule has 0 aromatic carbocycles. The number of hydrogen-bond acceptors (Lipinski definition) is 4. The molecular weight excluding hydrogens is 260 g/mol. The van der Waals surface area contributed by atoms with E-state index in [1.807, 2.05) is 0 Å². The van der Waals surface area contributed by atoms with E-state index in [2.05, 4.69) is 11.6 Å². The van der Waals surface area contributed by atoms with Gasteiger partial charge in [-0.2, -0.15) is 11.8 Å². The zero-order valence-corrected chi connectivity index (χ0v) is 11.9. The van der Waals surface area contributed by atoms with Crippen molar-refractivity contribution in [1.29, 1.82) is 0 Å². The average Bonchev–Trinajstić information content (AvgIpc) is 2.34. The largest absolute Gasteiger partial charge is 0.381 e. The Bertz CT molecular complexity index is 214. The Labute approximate surface area is 114 Å². The Hall–Kier alpha value is 0.0300. The summed E-state index contributed by atoms with van der Waals surface area (Å²) in [5.74, 6) is 1.36. The first-order valence-corrected chi connectivity index (χ1v) is 7.25. The van der Waals surface area contributed by atoms with Gasteiger partial charge in [-0.25, -0.2) is 0 Å². The predicted octanol–water partition coefficient (Wildman–Crippen LogP) is 1.03. The highest BCUT2D eigenvalue weighted by molar-refractivity contribution is 7.98. The lowest BCUT2D eigenvalue weighted by molar-refractivity contribution is -0.124. The maximum atomic E-state index is 11.7. The molecule has 0 aliphatic carbocycles. The fourth-order valence-electron chi connectivity index (χ4n) is 1.83. The number of hydrogen-bond donors (Lipinski definition) is 2. The van der Waals surface area contributed by atoms with E-state index in [9.17, 15) is 4.79 Å². The highest BCUT2D eigenvalue weighted by atomic mass is 35.5. The van der Waals surface area contributed by atoms with Crippen LogP contribution in [-0.4, -0.2) is 43.7 Å². The average molecular weight is 283 g/mol. The molecule has 1 fully saturated rings. The third-order valence-electron chi connectivity index (χ3n) is 2.90. The van der Waals surface area contributed by atoms with E-state index < -0.39 is 0 Å². The SMILES string of the molecule is CSCCCNC(=O)C(N)C1CCOCC1.Cl. The van der Waals surface area contributed by atoms with Crippen molar-refractivity contribution >= 4 is 30.1 Å². The Morgan fingerprint density at radius 3 is 2.76 bits per heavy atom. The van der Waals surface area contributed by atoms with Crippen molar-refractivity contribution in [1.82, 2.24) is 5.32 Å². The number of ether oxygens (including phenoxy) is 1. The van der Waals surface area contributed by atoms with Gasteiger partial charge in [0, 0.05) is 19.8 Å². The van der Waals surface area contributed by atoms with Crippen LogP contribution in [0.15, 0.2) is 0 Å². The molecule has 1 unspecified atom stereocenters. The van der Waals surface area contributed by atoms with Gasteiger partial charge in [-0.15, -0.1) is 12.4 Å². The van der Waals surface area contributed by atoms with Gasteiger partial charge in [-0.3, -0.25) is 4.79 Å². The summed E-state index contributed by atoms with van der Waals surface area (Å²) in [6.07, 6.45) is 4.88. The number of halogens is 1. The molecule has 1 amide bonds. The van der Waals surface area contributed by atoms with Crippen LogP contribution in [0.4, 0.5) is 0 Å². The third kappa shape index (κ3) is 6.50. The molecule has 17 heavy (non-hydrogen) atoms. The first-order chi connectivity index (χ1) is 7.75. The molecule has 1 rings (SSSR count). The molecule has 1 aliphatic heterocycles. The first kappa shape index (κ1) is 17.0. The molecule has 0 aromatic rings. The lowest BCUT2D eigenvalue weighted by atomic mass is 9.92. The van der Waals surface area contributed by atoms with Gasteiger partial charge >= 0.3 is 0 Å². The summed E-state index contributed by atoms with van der Waals surface area (Å²) in [4.78, 5) is 11.7. The number of amides is 1. The van der Waals surface area contributed by atoms with Gasteiger partial charge in [0.1, 0.15) is 0 Å². The molecule has 102 valence electrons. The van der Waals surface area contributed by atoms with E-state index in [4.69, 9.17) is 10.5 Å². The Morgan fingerprint density at radius 1 is 1.53 bits per heavy atom. The van der Waals surface area contributed by atoms with Crippen molar-refractivity contribution in [2.24, 2.45) is 11.7 Å². The molecule has 4 nitrogen and oxygen atoms in total. The van der Waals surface area contributed by atoms with Gasteiger partial charge in [-0.1, -0.05) is 0 Å². The summed E-state index contributed by atoms with van der Waals surface area (Å²) in [6.45, 7) is 2.20. The summed E-state index contributed by atoms with van der Waals surface area (Å²) in [6, 6.07) is -0.363. The molecular formula is C11H23ClN2O2S. The van der Waals surface area contributed by atoms with Crippen molar-refractivity contribution in [3.63, 3.8) is 0 Å². The quantitative estimate of drug-likeness (QED) is 0.715. The van der Waals surface area contributed by atoms with Crippen LogP contribution in [-0.2, 0) is 9.53 Å². The van der Waals surface area contributed by atoms with Gasteiger partial charge in [-0.05, 0) is 37.2 Å². The number of nitrogens with two attached hydrogens (primary N) is 1. The van der Waals surface area contributed by atoms with Gasteiger partial charge in [0.15, 0.2) is 0 Å². The summed E-state index contributed by atoms with van der Waals surface area (Å²) in [5.41, 5.74) is 5.93. The number of nitrogens with one attached hydrogen (secondary N) is 1. The maximum absolute atomic E-state index is 11.7. The molecule has 1 atom stereocenters. The zero-order valence-electron chi connectivity index (χ0n) is 10.3. The van der Waals surface area contributed by atoms with Crippen molar-refractivity contribution in [2.45, 2.75) is 25.3 Å². The van der Waals surface area contributed by atoms with Crippen LogP contribution in [0.2, 0.25) is 0 Å². The molecule has 1 heterocycles. The van der Waals surface area contributed by atoms with Gasteiger partial charge in [0.25, 0.3) is 0 Å². The van der Waals surface area contributed by atoms with E-state index in [1.165, 1.54) is 0 Å². The van der Waals surface area contributed by atoms with Crippen LogP contribution in [0.1, 0.15) is 19.3 Å². The Balaban J connectivity index is 0.00000256. The molecule has 0 bridgehead atoms. The van der Waals surface area contributed by atoms with Gasteiger partial charge in [0.05, 0.1) is 6.04 Å². The predicted molar refractivity (Wildman–Crippen MR) is 74.8 cm³/mol. The monoisotopic (exact) mass is 282 g/mol. The molecule has 6 heteroatoms. The van der Waals surface area contributed by atoms with E-state index in [1.54, 1.807) is 11.8 Å².